The highest BCUT2D eigenvalue weighted by atomic mass is 32.2. The summed E-state index contributed by atoms with van der Waals surface area (Å²) in [6.07, 6.45) is 1.20. The van der Waals surface area contributed by atoms with Crippen LogP contribution in [0.15, 0.2) is 0 Å². The van der Waals surface area contributed by atoms with Crippen LogP contribution in [0.25, 0.3) is 0 Å². The van der Waals surface area contributed by atoms with Gasteiger partial charge in [-0.25, -0.2) is 13.1 Å². The third-order valence-corrected chi connectivity index (χ3v) is 3.39. The van der Waals surface area contributed by atoms with Crippen LogP contribution in [0.5, 0.6) is 0 Å². The summed E-state index contributed by atoms with van der Waals surface area (Å²) in [7, 11) is -1.24. The van der Waals surface area contributed by atoms with Gasteiger partial charge in [-0.1, -0.05) is 0 Å². The lowest BCUT2D eigenvalue weighted by molar-refractivity contribution is 0.459. The van der Waals surface area contributed by atoms with Crippen LogP contribution in [0.2, 0.25) is 0 Å². The molecule has 2 unspecified atom stereocenters. The van der Waals surface area contributed by atoms with Gasteiger partial charge in [0, 0.05) is 6.26 Å². The summed E-state index contributed by atoms with van der Waals surface area (Å²) in [5.41, 5.74) is 0. The highest BCUT2D eigenvalue weighted by Crippen LogP contribution is 2.13. The number of hydrogen-bond acceptors (Lipinski definition) is 6. The standard InChI is InChI=1S/C8H17N5O2S/c1-6(5-16(4,14)15)13-8(7(2)9-3)10-11-12-13/h6-7,9H,5H2,1-4H3. The zero-order chi connectivity index (χ0) is 12.3. The Bertz CT molecular complexity index is 441. The highest BCUT2D eigenvalue weighted by molar-refractivity contribution is 7.90. The van der Waals surface area contributed by atoms with Crippen molar-refractivity contribution in [2.45, 2.75) is 25.9 Å². The molecule has 0 bridgehead atoms. The normalized spacial score (nSPS) is 16.0. The Labute approximate surface area is 95.1 Å². The van der Waals surface area contributed by atoms with E-state index < -0.39 is 9.84 Å². The van der Waals surface area contributed by atoms with Gasteiger partial charge in [0.2, 0.25) is 0 Å². The van der Waals surface area contributed by atoms with E-state index in [1.54, 1.807) is 18.7 Å². The molecule has 0 aliphatic rings. The fraction of sp³-hybridized carbons (Fsp3) is 0.875. The molecular formula is C8H17N5O2S. The summed E-state index contributed by atoms with van der Waals surface area (Å²) in [4.78, 5) is 0. The number of tetrazole rings is 1. The molecule has 8 heteroatoms. The Morgan fingerprint density at radius 2 is 2.06 bits per heavy atom. The molecule has 0 spiro atoms. The molecule has 1 heterocycles. The van der Waals surface area contributed by atoms with Crippen molar-refractivity contribution in [2.75, 3.05) is 19.1 Å². The molecule has 1 aromatic rings. The highest BCUT2D eigenvalue weighted by Gasteiger charge is 2.20. The van der Waals surface area contributed by atoms with Gasteiger partial charge in [0.15, 0.2) is 5.82 Å². The summed E-state index contributed by atoms with van der Waals surface area (Å²) < 4.78 is 23.9. The summed E-state index contributed by atoms with van der Waals surface area (Å²) in [5, 5.41) is 14.3. The number of nitrogens with zero attached hydrogens (tertiary/aromatic N) is 4. The van der Waals surface area contributed by atoms with Gasteiger partial charge in [0.1, 0.15) is 9.84 Å². The van der Waals surface area contributed by atoms with Crippen LogP contribution in [0.3, 0.4) is 0 Å². The molecule has 0 amide bonds. The molecule has 1 rings (SSSR count). The van der Waals surface area contributed by atoms with Crippen molar-refractivity contribution >= 4 is 9.84 Å². The van der Waals surface area contributed by atoms with Gasteiger partial charge in [-0.05, 0) is 31.3 Å². The maximum atomic E-state index is 11.2. The van der Waals surface area contributed by atoms with E-state index in [2.05, 4.69) is 20.8 Å². The minimum absolute atomic E-state index is 0.0167. The van der Waals surface area contributed by atoms with Crippen LogP contribution in [-0.4, -0.2) is 47.7 Å². The number of sulfone groups is 1. The van der Waals surface area contributed by atoms with Crippen LogP contribution >= 0.6 is 0 Å². The van der Waals surface area contributed by atoms with E-state index in [-0.39, 0.29) is 17.8 Å². The van der Waals surface area contributed by atoms with Crippen molar-refractivity contribution < 1.29 is 8.42 Å². The molecule has 0 fully saturated rings. The van der Waals surface area contributed by atoms with Crippen LogP contribution in [0.1, 0.15) is 31.8 Å². The first-order valence-corrected chi connectivity index (χ1v) is 7.04. The zero-order valence-electron chi connectivity index (χ0n) is 9.88. The summed E-state index contributed by atoms with van der Waals surface area (Å²) in [5.74, 6) is 0.667. The first-order chi connectivity index (χ1) is 7.35. The van der Waals surface area contributed by atoms with Gasteiger partial charge in [-0.15, -0.1) is 5.10 Å². The fourth-order valence-corrected chi connectivity index (χ4v) is 2.45. The van der Waals surface area contributed by atoms with Gasteiger partial charge in [-0.2, -0.15) is 0 Å². The molecule has 16 heavy (non-hydrogen) atoms. The monoisotopic (exact) mass is 247 g/mol. The van der Waals surface area contributed by atoms with Crippen LogP contribution in [0.4, 0.5) is 0 Å². The number of hydrogen-bond donors (Lipinski definition) is 1. The van der Waals surface area contributed by atoms with Gasteiger partial charge < -0.3 is 5.32 Å². The second-order valence-electron chi connectivity index (χ2n) is 3.93. The van der Waals surface area contributed by atoms with Gasteiger partial charge in [0.05, 0.1) is 17.8 Å². The molecular weight excluding hydrogens is 230 g/mol. The molecule has 2 atom stereocenters. The van der Waals surface area contributed by atoms with E-state index in [9.17, 15) is 8.42 Å². The number of nitrogens with one attached hydrogen (secondary N) is 1. The molecule has 92 valence electrons. The van der Waals surface area contributed by atoms with Gasteiger partial charge in [0.25, 0.3) is 0 Å². The van der Waals surface area contributed by atoms with Crippen LogP contribution < -0.4 is 5.32 Å². The summed E-state index contributed by atoms with van der Waals surface area (Å²) in [6.45, 7) is 3.69. The Balaban J connectivity index is 2.92. The van der Waals surface area contributed by atoms with Crippen molar-refractivity contribution in [2.24, 2.45) is 0 Å². The van der Waals surface area contributed by atoms with E-state index in [0.717, 1.165) is 0 Å². The van der Waals surface area contributed by atoms with E-state index in [4.69, 9.17) is 0 Å². The average molecular weight is 247 g/mol. The van der Waals surface area contributed by atoms with Crippen molar-refractivity contribution in [3.05, 3.63) is 5.82 Å². The molecule has 0 saturated carbocycles. The molecule has 0 aromatic carbocycles. The fourth-order valence-electron chi connectivity index (χ4n) is 1.44. The Morgan fingerprint density at radius 3 is 2.56 bits per heavy atom. The predicted octanol–water partition coefficient (Wildman–Crippen LogP) is -0.441. The predicted molar refractivity (Wildman–Crippen MR) is 59.7 cm³/mol. The lowest BCUT2D eigenvalue weighted by Gasteiger charge is -2.15. The summed E-state index contributed by atoms with van der Waals surface area (Å²) in [6, 6.07) is -0.284. The Hall–Kier alpha value is -1.02. The van der Waals surface area contributed by atoms with E-state index in [0.29, 0.717) is 5.82 Å². The van der Waals surface area contributed by atoms with Crippen molar-refractivity contribution in [3.8, 4) is 0 Å². The van der Waals surface area contributed by atoms with E-state index >= 15 is 0 Å². The third-order valence-electron chi connectivity index (χ3n) is 2.30. The van der Waals surface area contributed by atoms with E-state index in [1.807, 2.05) is 6.92 Å². The molecule has 1 aromatic heterocycles. The molecule has 0 aliphatic heterocycles. The smallest absolute Gasteiger partial charge is 0.168 e. The topological polar surface area (TPSA) is 89.8 Å². The SMILES string of the molecule is CNC(C)c1nnnn1C(C)CS(C)(=O)=O. The number of rotatable bonds is 5. The molecule has 7 nitrogen and oxygen atoms in total. The lowest BCUT2D eigenvalue weighted by Crippen LogP contribution is -2.24. The van der Waals surface area contributed by atoms with E-state index in [1.165, 1.54) is 6.26 Å². The van der Waals surface area contributed by atoms with Gasteiger partial charge >= 0.3 is 0 Å². The first-order valence-electron chi connectivity index (χ1n) is 4.98. The molecule has 1 N–H and O–H groups in total. The number of aromatic nitrogens is 4. The molecule has 0 aliphatic carbocycles. The van der Waals surface area contributed by atoms with Crippen molar-refractivity contribution in [1.82, 2.24) is 25.5 Å². The first kappa shape index (κ1) is 13.0. The van der Waals surface area contributed by atoms with Crippen LogP contribution in [0, 0.1) is 0 Å². The average Bonchev–Trinajstić information content (AvgIpc) is 2.62. The maximum Gasteiger partial charge on any atom is 0.168 e. The Morgan fingerprint density at radius 1 is 1.44 bits per heavy atom. The second-order valence-corrected chi connectivity index (χ2v) is 6.12. The minimum Gasteiger partial charge on any atom is -0.311 e. The minimum atomic E-state index is -3.04. The van der Waals surface area contributed by atoms with Crippen LogP contribution in [-0.2, 0) is 9.84 Å². The third kappa shape index (κ3) is 3.24. The molecule has 0 radical (unpaired) electrons. The molecule has 0 saturated heterocycles. The lowest BCUT2D eigenvalue weighted by atomic mass is 10.3. The maximum absolute atomic E-state index is 11.2. The zero-order valence-corrected chi connectivity index (χ0v) is 10.7. The largest absolute Gasteiger partial charge is 0.311 e. The van der Waals surface area contributed by atoms with Crippen molar-refractivity contribution in [3.63, 3.8) is 0 Å². The quantitative estimate of drug-likeness (QED) is 0.758. The van der Waals surface area contributed by atoms with Crippen molar-refractivity contribution in [1.29, 1.82) is 0 Å². The second kappa shape index (κ2) is 4.88. The van der Waals surface area contributed by atoms with Gasteiger partial charge in [-0.3, -0.25) is 0 Å². The Kier molecular flexibility index (Phi) is 3.98. The summed E-state index contributed by atoms with van der Waals surface area (Å²) >= 11 is 0.